The minimum absolute atomic E-state index is 0.223. The lowest BCUT2D eigenvalue weighted by Crippen LogP contribution is -2.45. The van der Waals surface area contributed by atoms with Crippen LogP contribution in [-0.4, -0.2) is 46.8 Å². The molecular weight excluding hydrogens is 294 g/mol. The first-order chi connectivity index (χ1) is 10.7. The minimum atomic E-state index is -2.72. The van der Waals surface area contributed by atoms with E-state index < -0.39 is 12.2 Å². The van der Waals surface area contributed by atoms with Gasteiger partial charge in [-0.3, -0.25) is 0 Å². The van der Waals surface area contributed by atoms with Gasteiger partial charge in [-0.15, -0.1) is 5.10 Å². The predicted molar refractivity (Wildman–Crippen MR) is 78.1 cm³/mol. The second-order valence-corrected chi connectivity index (χ2v) is 4.76. The first-order valence-corrected chi connectivity index (χ1v) is 6.84. The second-order valence-electron chi connectivity index (χ2n) is 4.76. The molecule has 7 nitrogen and oxygen atoms in total. The lowest BCUT2D eigenvalue weighted by Gasteiger charge is -2.27. The molecule has 1 aliphatic rings. The molecule has 9 heteroatoms. The van der Waals surface area contributed by atoms with Gasteiger partial charge in [-0.25, -0.2) is 24.0 Å². The Balaban J connectivity index is 1.87. The van der Waals surface area contributed by atoms with E-state index in [0.717, 1.165) is 4.68 Å². The summed E-state index contributed by atoms with van der Waals surface area (Å²) in [6, 6.07) is 6.82. The summed E-state index contributed by atoms with van der Waals surface area (Å²) in [5.41, 5.74) is 9.42. The zero-order valence-corrected chi connectivity index (χ0v) is 11.7. The summed E-state index contributed by atoms with van der Waals surface area (Å²) in [5.74, 6) is -0.180. The smallest absolute Gasteiger partial charge is 0.297 e. The van der Waals surface area contributed by atoms with Crippen molar-refractivity contribution < 1.29 is 13.5 Å². The molecule has 1 fully saturated rings. The average Bonchev–Trinajstić information content (AvgIpc) is 2.92. The van der Waals surface area contributed by atoms with E-state index >= 15 is 0 Å². The molecule has 0 atom stereocenters. The number of nitrogens with one attached hydrogen (secondary N) is 1. The van der Waals surface area contributed by atoms with Crippen LogP contribution in [0.1, 0.15) is 12.2 Å². The number of halogens is 2. The number of hydrazone groups is 1. The minimum Gasteiger partial charge on any atom is -0.378 e. The maximum atomic E-state index is 13.1. The van der Waals surface area contributed by atoms with Crippen LogP contribution in [0, 0.1) is 0 Å². The van der Waals surface area contributed by atoms with Gasteiger partial charge in [0.25, 0.3) is 6.43 Å². The van der Waals surface area contributed by atoms with Gasteiger partial charge in [0.15, 0.2) is 5.82 Å². The third-order valence-corrected chi connectivity index (χ3v) is 3.38. The number of guanidine groups is 1. The topological polar surface area (TPSA) is 80.7 Å². The van der Waals surface area contributed by atoms with Crippen molar-refractivity contribution in [3.8, 4) is 0 Å². The largest absolute Gasteiger partial charge is 0.378 e. The molecule has 0 radical (unpaired) electrons. The van der Waals surface area contributed by atoms with Crippen LogP contribution in [0.4, 0.5) is 8.78 Å². The number of morpholine rings is 1. The van der Waals surface area contributed by atoms with Crippen molar-refractivity contribution in [1.29, 1.82) is 0 Å². The Hall–Kier alpha value is -2.42. The number of imidazole rings is 1. The highest BCUT2D eigenvalue weighted by molar-refractivity contribution is 5.79. The van der Waals surface area contributed by atoms with Crippen molar-refractivity contribution in [2.24, 2.45) is 10.8 Å². The maximum Gasteiger partial charge on any atom is 0.297 e. The van der Waals surface area contributed by atoms with Gasteiger partial charge in [-0.1, -0.05) is 12.1 Å². The zero-order chi connectivity index (χ0) is 15.5. The van der Waals surface area contributed by atoms with Crippen LogP contribution in [0.5, 0.6) is 0 Å². The molecule has 0 bridgehead atoms. The normalized spacial score (nSPS) is 16.5. The Morgan fingerprint density at radius 1 is 1.32 bits per heavy atom. The number of alkyl halides is 2. The Kier molecular flexibility index (Phi) is 4.05. The molecule has 1 saturated heterocycles. The number of hydrogen-bond acceptors (Lipinski definition) is 4. The summed E-state index contributed by atoms with van der Waals surface area (Å²) in [6.07, 6.45) is -2.72. The van der Waals surface area contributed by atoms with Gasteiger partial charge in [-0.2, -0.15) is 0 Å². The second kappa shape index (κ2) is 6.14. The third kappa shape index (κ3) is 2.80. The molecule has 0 spiro atoms. The standard InChI is InChI=1S/C13H16F2N6O/c14-11(15)12-17-9-3-1-2-4-10(9)21(12)19-18-13(16)20-5-7-22-8-6-20/h1-4,11,19H,5-8H2,(H2,16,18). The fraction of sp³-hybridized carbons (Fsp3) is 0.385. The number of ether oxygens (including phenoxy) is 1. The van der Waals surface area contributed by atoms with Crippen LogP contribution in [0.2, 0.25) is 0 Å². The van der Waals surface area contributed by atoms with Gasteiger partial charge in [0, 0.05) is 13.1 Å². The highest BCUT2D eigenvalue weighted by Gasteiger charge is 2.19. The number of nitrogens with two attached hydrogens (primary N) is 1. The van der Waals surface area contributed by atoms with E-state index in [1.807, 2.05) is 4.90 Å². The summed E-state index contributed by atoms with van der Waals surface area (Å²) in [5, 5.41) is 3.99. The lowest BCUT2D eigenvalue weighted by atomic mass is 10.3. The highest BCUT2D eigenvalue weighted by atomic mass is 19.3. The van der Waals surface area contributed by atoms with Gasteiger partial charge in [0.2, 0.25) is 5.96 Å². The summed E-state index contributed by atoms with van der Waals surface area (Å²) in [6.45, 7) is 2.35. The van der Waals surface area contributed by atoms with Crippen LogP contribution in [0.25, 0.3) is 11.0 Å². The fourth-order valence-electron chi connectivity index (χ4n) is 2.26. The zero-order valence-electron chi connectivity index (χ0n) is 11.7. The fourth-order valence-corrected chi connectivity index (χ4v) is 2.26. The van der Waals surface area contributed by atoms with E-state index in [1.165, 1.54) is 0 Å². The molecule has 1 aliphatic heterocycles. The number of para-hydroxylation sites is 2. The number of benzene rings is 1. The van der Waals surface area contributed by atoms with Gasteiger partial charge in [-0.05, 0) is 12.1 Å². The number of fused-ring (bicyclic) bond motifs is 1. The van der Waals surface area contributed by atoms with Crippen molar-refractivity contribution in [3.05, 3.63) is 30.1 Å². The van der Waals surface area contributed by atoms with Crippen LogP contribution in [0.15, 0.2) is 29.4 Å². The number of nitrogens with zero attached hydrogens (tertiary/aromatic N) is 4. The Bertz CT molecular complexity index is 680. The molecule has 3 rings (SSSR count). The summed E-state index contributed by atoms with van der Waals surface area (Å²) in [4.78, 5) is 5.73. The molecule has 22 heavy (non-hydrogen) atoms. The van der Waals surface area contributed by atoms with Crippen molar-refractivity contribution in [2.45, 2.75) is 6.43 Å². The van der Waals surface area contributed by atoms with E-state index in [1.54, 1.807) is 24.3 Å². The van der Waals surface area contributed by atoms with E-state index in [0.29, 0.717) is 37.3 Å². The molecular formula is C13H16F2N6O. The Morgan fingerprint density at radius 2 is 2.05 bits per heavy atom. The van der Waals surface area contributed by atoms with Crippen molar-refractivity contribution in [1.82, 2.24) is 14.6 Å². The van der Waals surface area contributed by atoms with E-state index in [4.69, 9.17) is 10.5 Å². The molecule has 2 aromatic rings. The molecule has 2 heterocycles. The highest BCUT2D eigenvalue weighted by Crippen LogP contribution is 2.22. The van der Waals surface area contributed by atoms with Crippen LogP contribution < -0.4 is 11.3 Å². The maximum absolute atomic E-state index is 13.1. The molecule has 1 aromatic carbocycles. The van der Waals surface area contributed by atoms with Crippen LogP contribution in [-0.2, 0) is 4.74 Å². The molecule has 3 N–H and O–H groups in total. The monoisotopic (exact) mass is 310 g/mol. The summed E-state index contributed by atoms with van der Waals surface area (Å²) < 4.78 is 32.6. The Morgan fingerprint density at radius 3 is 2.77 bits per heavy atom. The number of rotatable bonds is 3. The molecule has 0 unspecified atom stereocenters. The molecule has 0 aliphatic carbocycles. The molecule has 0 amide bonds. The quantitative estimate of drug-likeness (QED) is 0.504. The predicted octanol–water partition coefficient (Wildman–Crippen LogP) is 1.08. The SMILES string of the molecule is NC(=NNn1c(C(F)F)nc2ccccc21)N1CCOCC1. The molecule has 0 saturated carbocycles. The Labute approximate surface area is 125 Å². The van der Waals surface area contributed by atoms with Gasteiger partial charge >= 0.3 is 0 Å². The summed E-state index contributed by atoms with van der Waals surface area (Å²) in [7, 11) is 0. The van der Waals surface area contributed by atoms with E-state index in [9.17, 15) is 8.78 Å². The number of aromatic nitrogens is 2. The van der Waals surface area contributed by atoms with E-state index in [2.05, 4.69) is 15.6 Å². The average molecular weight is 310 g/mol. The lowest BCUT2D eigenvalue weighted by molar-refractivity contribution is 0.0674. The van der Waals surface area contributed by atoms with Crippen LogP contribution >= 0.6 is 0 Å². The van der Waals surface area contributed by atoms with Gasteiger partial charge in [0.1, 0.15) is 0 Å². The van der Waals surface area contributed by atoms with Gasteiger partial charge in [0.05, 0.1) is 24.2 Å². The van der Waals surface area contributed by atoms with Crippen molar-refractivity contribution in [2.75, 3.05) is 31.8 Å². The van der Waals surface area contributed by atoms with E-state index in [-0.39, 0.29) is 5.96 Å². The first kappa shape index (κ1) is 14.5. The summed E-state index contributed by atoms with van der Waals surface area (Å²) >= 11 is 0. The molecule has 118 valence electrons. The molecule has 1 aromatic heterocycles. The van der Waals surface area contributed by atoms with Crippen molar-refractivity contribution in [3.63, 3.8) is 0 Å². The van der Waals surface area contributed by atoms with Gasteiger partial charge < -0.3 is 15.4 Å². The first-order valence-electron chi connectivity index (χ1n) is 6.84. The van der Waals surface area contributed by atoms with Crippen LogP contribution in [0.3, 0.4) is 0 Å². The van der Waals surface area contributed by atoms with Crippen molar-refractivity contribution >= 4 is 17.0 Å². The number of hydrogen-bond donors (Lipinski definition) is 2. The third-order valence-electron chi connectivity index (χ3n) is 3.38.